The van der Waals surface area contributed by atoms with Gasteiger partial charge in [-0.1, -0.05) is 6.07 Å². The van der Waals surface area contributed by atoms with Gasteiger partial charge in [0, 0.05) is 16.7 Å². The minimum absolute atomic E-state index is 0.179. The molecule has 0 aliphatic heterocycles. The third kappa shape index (κ3) is 5.13. The van der Waals surface area contributed by atoms with Gasteiger partial charge in [0.25, 0.3) is 0 Å². The fourth-order valence-corrected chi connectivity index (χ4v) is 3.14. The highest BCUT2D eigenvalue weighted by Crippen LogP contribution is 2.23. The highest BCUT2D eigenvalue weighted by Gasteiger charge is 2.34. The molecule has 1 N–H and O–H groups in total. The van der Waals surface area contributed by atoms with Crippen LogP contribution in [-0.2, 0) is 9.53 Å². The van der Waals surface area contributed by atoms with E-state index in [9.17, 15) is 9.18 Å². The highest BCUT2D eigenvalue weighted by molar-refractivity contribution is 7.99. The van der Waals surface area contributed by atoms with Gasteiger partial charge in [-0.3, -0.25) is 10.1 Å². The summed E-state index contributed by atoms with van der Waals surface area (Å²) in [7, 11) is 1.39. The lowest BCUT2D eigenvalue weighted by molar-refractivity contribution is -0.148. The van der Waals surface area contributed by atoms with Crippen LogP contribution in [0.3, 0.4) is 0 Å². The molecular weight excluding hydrogens is 277 g/mol. The zero-order valence-corrected chi connectivity index (χ0v) is 13.2. The van der Waals surface area contributed by atoms with E-state index in [1.54, 1.807) is 6.07 Å². The Morgan fingerprint density at radius 1 is 1.50 bits per heavy atom. The van der Waals surface area contributed by atoms with E-state index in [2.05, 4.69) is 5.32 Å². The van der Waals surface area contributed by atoms with Crippen LogP contribution in [0.25, 0.3) is 0 Å². The molecule has 20 heavy (non-hydrogen) atoms. The molecule has 5 heteroatoms. The van der Waals surface area contributed by atoms with Crippen molar-refractivity contribution in [2.24, 2.45) is 0 Å². The minimum Gasteiger partial charge on any atom is -0.468 e. The van der Waals surface area contributed by atoms with Gasteiger partial charge in [-0.05, 0) is 45.4 Å². The van der Waals surface area contributed by atoms with Crippen LogP contribution in [0.5, 0.6) is 0 Å². The molecule has 0 saturated heterocycles. The predicted octanol–water partition coefficient (Wildman–Crippen LogP) is 3.24. The van der Waals surface area contributed by atoms with Crippen LogP contribution in [0.15, 0.2) is 29.2 Å². The summed E-state index contributed by atoms with van der Waals surface area (Å²) in [6.07, 6.45) is 0.610. The SMILES string of the molecule is COC(=O)C(C)(CCSc1cccc(F)c1)NC(C)C. The first-order valence-corrected chi connectivity index (χ1v) is 7.60. The Bertz CT molecular complexity index is 453. The number of methoxy groups -OCH3 is 1. The van der Waals surface area contributed by atoms with Gasteiger partial charge in [-0.15, -0.1) is 11.8 Å². The van der Waals surface area contributed by atoms with Crippen molar-refractivity contribution in [1.29, 1.82) is 0 Å². The first kappa shape index (κ1) is 17.0. The number of ether oxygens (including phenoxy) is 1. The van der Waals surface area contributed by atoms with Gasteiger partial charge in [0.1, 0.15) is 11.4 Å². The molecular formula is C15H22FNO2S. The maximum Gasteiger partial charge on any atom is 0.325 e. The molecule has 0 bridgehead atoms. The van der Waals surface area contributed by atoms with Crippen molar-refractivity contribution in [1.82, 2.24) is 5.32 Å². The van der Waals surface area contributed by atoms with Crippen molar-refractivity contribution in [3.05, 3.63) is 30.1 Å². The number of carbonyl (C=O) groups is 1. The standard InChI is InChI=1S/C15H22FNO2S/c1-11(2)17-15(3,14(18)19-4)8-9-20-13-7-5-6-12(16)10-13/h5-7,10-11,17H,8-9H2,1-4H3. The molecule has 0 saturated carbocycles. The van der Waals surface area contributed by atoms with Crippen LogP contribution < -0.4 is 5.32 Å². The van der Waals surface area contributed by atoms with Crippen molar-refractivity contribution in [3.63, 3.8) is 0 Å². The van der Waals surface area contributed by atoms with Gasteiger partial charge in [0.2, 0.25) is 0 Å². The van der Waals surface area contributed by atoms with E-state index in [0.29, 0.717) is 12.2 Å². The Labute approximate surface area is 124 Å². The van der Waals surface area contributed by atoms with E-state index in [4.69, 9.17) is 4.74 Å². The number of benzene rings is 1. The molecule has 0 fully saturated rings. The first-order chi connectivity index (χ1) is 9.37. The molecule has 1 rings (SSSR count). The van der Waals surface area contributed by atoms with Crippen molar-refractivity contribution >= 4 is 17.7 Å². The first-order valence-electron chi connectivity index (χ1n) is 6.62. The van der Waals surface area contributed by atoms with Crippen LogP contribution in [0.1, 0.15) is 27.2 Å². The fourth-order valence-electron chi connectivity index (χ4n) is 2.03. The average Bonchev–Trinajstić information content (AvgIpc) is 2.37. The number of nitrogens with one attached hydrogen (secondary N) is 1. The summed E-state index contributed by atoms with van der Waals surface area (Å²) in [6.45, 7) is 5.81. The molecule has 0 aromatic heterocycles. The van der Waals surface area contributed by atoms with E-state index < -0.39 is 5.54 Å². The topological polar surface area (TPSA) is 38.3 Å². The van der Waals surface area contributed by atoms with Crippen molar-refractivity contribution < 1.29 is 13.9 Å². The number of esters is 1. The summed E-state index contributed by atoms with van der Waals surface area (Å²) in [5.41, 5.74) is -0.719. The number of thioether (sulfide) groups is 1. The Kier molecular flexibility index (Phi) is 6.49. The lowest BCUT2D eigenvalue weighted by atomic mass is 9.98. The predicted molar refractivity (Wildman–Crippen MR) is 80.4 cm³/mol. The second-order valence-corrected chi connectivity index (χ2v) is 6.35. The second kappa shape index (κ2) is 7.64. The summed E-state index contributed by atoms with van der Waals surface area (Å²) < 4.78 is 18.0. The molecule has 1 aromatic carbocycles. The van der Waals surface area contributed by atoms with Gasteiger partial charge in [0.15, 0.2) is 0 Å². The lowest BCUT2D eigenvalue weighted by Crippen LogP contribution is -2.53. The summed E-state index contributed by atoms with van der Waals surface area (Å²) in [4.78, 5) is 12.8. The molecule has 1 aromatic rings. The van der Waals surface area contributed by atoms with E-state index in [0.717, 1.165) is 4.90 Å². The zero-order chi connectivity index (χ0) is 15.2. The molecule has 0 aliphatic rings. The summed E-state index contributed by atoms with van der Waals surface area (Å²) in [5, 5.41) is 3.24. The molecule has 3 nitrogen and oxygen atoms in total. The molecule has 0 spiro atoms. The molecule has 1 unspecified atom stereocenters. The maximum absolute atomic E-state index is 13.1. The number of hydrogen-bond acceptors (Lipinski definition) is 4. The number of hydrogen-bond donors (Lipinski definition) is 1. The third-order valence-corrected chi connectivity index (χ3v) is 3.91. The summed E-state index contributed by atoms with van der Waals surface area (Å²) >= 11 is 1.53. The smallest absolute Gasteiger partial charge is 0.325 e. The lowest BCUT2D eigenvalue weighted by Gasteiger charge is -2.30. The van der Waals surface area contributed by atoms with Crippen LogP contribution in [0.2, 0.25) is 0 Å². The molecule has 0 amide bonds. The van der Waals surface area contributed by atoms with Crippen LogP contribution >= 0.6 is 11.8 Å². The van der Waals surface area contributed by atoms with Gasteiger partial charge in [-0.2, -0.15) is 0 Å². The summed E-state index contributed by atoms with van der Waals surface area (Å²) in [6, 6.07) is 6.64. The number of rotatable bonds is 7. The van der Waals surface area contributed by atoms with E-state index >= 15 is 0 Å². The molecule has 0 radical (unpaired) electrons. The van der Waals surface area contributed by atoms with Crippen molar-refractivity contribution in [2.45, 2.75) is 43.7 Å². The largest absolute Gasteiger partial charge is 0.468 e. The quantitative estimate of drug-likeness (QED) is 0.619. The molecule has 1 atom stereocenters. The van der Waals surface area contributed by atoms with Gasteiger partial charge >= 0.3 is 5.97 Å². The van der Waals surface area contributed by atoms with E-state index in [1.165, 1.54) is 31.0 Å². The highest BCUT2D eigenvalue weighted by atomic mass is 32.2. The molecule has 0 aliphatic carbocycles. The summed E-state index contributed by atoms with van der Waals surface area (Å²) in [5.74, 6) is 0.187. The maximum atomic E-state index is 13.1. The Balaban J connectivity index is 2.60. The molecule has 112 valence electrons. The van der Waals surface area contributed by atoms with Gasteiger partial charge in [0.05, 0.1) is 7.11 Å². The number of carbonyl (C=O) groups excluding carboxylic acids is 1. The second-order valence-electron chi connectivity index (χ2n) is 5.18. The van der Waals surface area contributed by atoms with Crippen LogP contribution in [0, 0.1) is 5.82 Å². The van der Waals surface area contributed by atoms with Crippen molar-refractivity contribution in [3.8, 4) is 0 Å². The minimum atomic E-state index is -0.719. The van der Waals surface area contributed by atoms with E-state index in [-0.39, 0.29) is 17.8 Å². The normalized spacial score (nSPS) is 14.1. The Morgan fingerprint density at radius 3 is 2.75 bits per heavy atom. The fraction of sp³-hybridized carbons (Fsp3) is 0.533. The number of halogens is 1. The van der Waals surface area contributed by atoms with E-state index in [1.807, 2.05) is 26.8 Å². The third-order valence-electron chi connectivity index (χ3n) is 2.91. The van der Waals surface area contributed by atoms with Crippen LogP contribution in [0.4, 0.5) is 4.39 Å². The van der Waals surface area contributed by atoms with Gasteiger partial charge in [-0.25, -0.2) is 4.39 Å². The molecule has 0 heterocycles. The Hall–Kier alpha value is -1.07. The zero-order valence-electron chi connectivity index (χ0n) is 12.4. The average molecular weight is 299 g/mol. The Morgan fingerprint density at radius 2 is 2.20 bits per heavy atom. The van der Waals surface area contributed by atoms with Crippen LogP contribution in [-0.4, -0.2) is 30.4 Å². The van der Waals surface area contributed by atoms with Gasteiger partial charge < -0.3 is 4.74 Å². The monoisotopic (exact) mass is 299 g/mol. The van der Waals surface area contributed by atoms with Crippen molar-refractivity contribution in [2.75, 3.05) is 12.9 Å².